The maximum absolute atomic E-state index is 10.3. The van der Waals surface area contributed by atoms with E-state index in [0.717, 1.165) is 12.8 Å². The van der Waals surface area contributed by atoms with Crippen LogP contribution in [0.4, 0.5) is 0 Å². The Bertz CT molecular complexity index is 171. The maximum atomic E-state index is 10.3. The molecule has 0 radical (unpaired) electrons. The molecular weight excluding hydrogens is 314 g/mol. The van der Waals surface area contributed by atoms with Crippen LogP contribution >= 0.6 is 25.3 Å². The Hall–Kier alpha value is 0.263. The van der Waals surface area contributed by atoms with Crippen LogP contribution in [-0.2, 0) is 38.5 Å². The fourth-order valence-electron chi connectivity index (χ4n) is 0.523. The first kappa shape index (κ1) is 22.4. The SMILES string of the molecule is CCCOC(=O)CS.CCCOC(=O)CS.[Zn]. The fraction of sp³-hybridized carbons (Fsp3) is 0.800. The molecule has 0 saturated carbocycles. The Morgan fingerprint density at radius 1 is 0.882 bits per heavy atom. The fourth-order valence-corrected chi connectivity index (χ4v) is 0.706. The van der Waals surface area contributed by atoms with Gasteiger partial charge in [0.15, 0.2) is 0 Å². The summed E-state index contributed by atoms with van der Waals surface area (Å²) in [5.74, 6) is -0.120. The second kappa shape index (κ2) is 18.6. The van der Waals surface area contributed by atoms with Crippen LogP contribution in [0.15, 0.2) is 0 Å². The van der Waals surface area contributed by atoms with Gasteiger partial charge < -0.3 is 9.47 Å². The molecule has 0 saturated heterocycles. The van der Waals surface area contributed by atoms with Gasteiger partial charge in [0.1, 0.15) is 0 Å². The third-order valence-electron chi connectivity index (χ3n) is 1.19. The van der Waals surface area contributed by atoms with Gasteiger partial charge in [-0.05, 0) is 12.8 Å². The molecular formula is C10H20O4S2Zn. The zero-order chi connectivity index (χ0) is 12.8. The van der Waals surface area contributed by atoms with Gasteiger partial charge in [-0.1, -0.05) is 13.8 Å². The van der Waals surface area contributed by atoms with Crippen molar-refractivity contribution in [1.82, 2.24) is 0 Å². The van der Waals surface area contributed by atoms with E-state index in [1.807, 2.05) is 13.8 Å². The molecule has 0 rings (SSSR count). The molecule has 7 heteroatoms. The summed E-state index contributed by atoms with van der Waals surface area (Å²) in [6, 6.07) is 0. The predicted molar refractivity (Wildman–Crippen MR) is 70.2 cm³/mol. The molecule has 98 valence electrons. The zero-order valence-corrected chi connectivity index (χ0v) is 15.2. The molecule has 0 unspecified atom stereocenters. The third-order valence-corrected chi connectivity index (χ3v) is 1.71. The van der Waals surface area contributed by atoms with Crippen LogP contribution in [-0.4, -0.2) is 36.7 Å². The molecule has 17 heavy (non-hydrogen) atoms. The first-order valence-electron chi connectivity index (χ1n) is 5.15. The van der Waals surface area contributed by atoms with E-state index >= 15 is 0 Å². The summed E-state index contributed by atoms with van der Waals surface area (Å²) < 4.78 is 9.25. The van der Waals surface area contributed by atoms with Crippen LogP contribution < -0.4 is 0 Å². The van der Waals surface area contributed by atoms with E-state index in [-0.39, 0.29) is 42.9 Å². The molecule has 0 amide bonds. The summed E-state index contributed by atoms with van der Waals surface area (Å²) in [4.78, 5) is 20.5. The number of esters is 2. The van der Waals surface area contributed by atoms with Gasteiger partial charge in [-0.3, -0.25) is 9.59 Å². The summed E-state index contributed by atoms with van der Waals surface area (Å²) in [5, 5.41) is 0. The number of hydrogen-bond acceptors (Lipinski definition) is 6. The van der Waals surface area contributed by atoms with Crippen molar-refractivity contribution in [2.24, 2.45) is 0 Å². The van der Waals surface area contributed by atoms with Gasteiger partial charge in [0.05, 0.1) is 24.7 Å². The number of carbonyl (C=O) groups excluding carboxylic acids is 2. The standard InChI is InChI=1S/2C5H10O2S.Zn/c2*1-2-3-7-5(6)4-8;/h2*8H,2-4H2,1H3;. The molecule has 0 aliphatic carbocycles. The smallest absolute Gasteiger partial charge is 0.315 e. The quantitative estimate of drug-likeness (QED) is 0.442. The first-order valence-corrected chi connectivity index (χ1v) is 6.41. The summed E-state index contributed by atoms with van der Waals surface area (Å²) in [5.41, 5.74) is 0. The average molecular weight is 334 g/mol. The minimum absolute atomic E-state index is 0. The number of rotatable bonds is 6. The number of hydrogen-bond donors (Lipinski definition) is 2. The molecule has 0 fully saturated rings. The second-order valence-electron chi connectivity index (χ2n) is 2.76. The van der Waals surface area contributed by atoms with Crippen LogP contribution in [0.1, 0.15) is 26.7 Å². The summed E-state index contributed by atoms with van der Waals surface area (Å²) >= 11 is 7.43. The zero-order valence-electron chi connectivity index (χ0n) is 10.5. The average Bonchev–Trinajstić information content (AvgIpc) is 2.33. The van der Waals surface area contributed by atoms with E-state index in [1.54, 1.807) is 0 Å². The monoisotopic (exact) mass is 332 g/mol. The van der Waals surface area contributed by atoms with Crippen molar-refractivity contribution in [3.05, 3.63) is 0 Å². The van der Waals surface area contributed by atoms with Crippen molar-refractivity contribution in [3.63, 3.8) is 0 Å². The Labute approximate surface area is 127 Å². The van der Waals surface area contributed by atoms with E-state index in [9.17, 15) is 9.59 Å². The molecule has 0 spiro atoms. The Kier molecular flexibility index (Phi) is 24.6. The number of ether oxygens (including phenoxy) is 2. The van der Waals surface area contributed by atoms with Gasteiger partial charge >= 0.3 is 11.9 Å². The van der Waals surface area contributed by atoms with Crippen LogP contribution in [0.3, 0.4) is 0 Å². The first-order chi connectivity index (χ1) is 7.62. The molecule has 0 aromatic heterocycles. The van der Waals surface area contributed by atoms with Crippen LogP contribution in [0.2, 0.25) is 0 Å². The van der Waals surface area contributed by atoms with Crippen molar-refractivity contribution < 1.29 is 38.5 Å². The van der Waals surface area contributed by atoms with Crippen LogP contribution in [0.5, 0.6) is 0 Å². The Morgan fingerprint density at radius 2 is 1.18 bits per heavy atom. The Morgan fingerprint density at radius 3 is 1.35 bits per heavy atom. The third kappa shape index (κ3) is 22.0. The van der Waals surface area contributed by atoms with E-state index in [0.29, 0.717) is 13.2 Å². The van der Waals surface area contributed by atoms with Gasteiger partial charge in [-0.25, -0.2) is 0 Å². The second-order valence-corrected chi connectivity index (χ2v) is 3.39. The summed E-state index contributed by atoms with van der Waals surface area (Å²) in [6.07, 6.45) is 1.75. The van der Waals surface area contributed by atoms with E-state index in [2.05, 4.69) is 34.7 Å². The van der Waals surface area contributed by atoms with Gasteiger partial charge in [0, 0.05) is 19.5 Å². The van der Waals surface area contributed by atoms with Gasteiger partial charge in [0.2, 0.25) is 0 Å². The maximum Gasteiger partial charge on any atom is 0.315 e. The Balaban J connectivity index is -0.000000218. The molecule has 0 N–H and O–H groups in total. The molecule has 0 bridgehead atoms. The van der Waals surface area contributed by atoms with E-state index < -0.39 is 0 Å². The largest absolute Gasteiger partial charge is 0.465 e. The van der Waals surface area contributed by atoms with Crippen molar-refractivity contribution in [2.75, 3.05) is 24.7 Å². The van der Waals surface area contributed by atoms with E-state index in [4.69, 9.17) is 0 Å². The topological polar surface area (TPSA) is 52.6 Å². The molecule has 0 atom stereocenters. The van der Waals surface area contributed by atoms with Crippen LogP contribution in [0, 0.1) is 0 Å². The number of thiol groups is 2. The molecule has 0 aromatic carbocycles. The van der Waals surface area contributed by atoms with Gasteiger partial charge in [-0.15, -0.1) is 0 Å². The van der Waals surface area contributed by atoms with E-state index in [1.165, 1.54) is 0 Å². The molecule has 0 heterocycles. The summed E-state index contributed by atoms with van der Waals surface area (Å²) in [6.45, 7) is 4.93. The normalized spacial score (nSPS) is 8.24. The van der Waals surface area contributed by atoms with Crippen LogP contribution in [0.25, 0.3) is 0 Å². The number of carbonyl (C=O) groups is 2. The predicted octanol–water partition coefficient (Wildman–Crippen LogP) is 1.74. The van der Waals surface area contributed by atoms with Gasteiger partial charge in [0.25, 0.3) is 0 Å². The minimum Gasteiger partial charge on any atom is -0.465 e. The molecule has 0 aliphatic heterocycles. The van der Waals surface area contributed by atoms with Gasteiger partial charge in [-0.2, -0.15) is 25.3 Å². The van der Waals surface area contributed by atoms with Crippen molar-refractivity contribution in [1.29, 1.82) is 0 Å². The van der Waals surface area contributed by atoms with Crippen molar-refractivity contribution >= 4 is 37.2 Å². The van der Waals surface area contributed by atoms with Crippen molar-refractivity contribution in [2.45, 2.75) is 26.7 Å². The summed E-state index contributed by atoms with van der Waals surface area (Å²) in [7, 11) is 0. The van der Waals surface area contributed by atoms with Crippen molar-refractivity contribution in [3.8, 4) is 0 Å². The molecule has 4 nitrogen and oxygen atoms in total. The molecule has 0 aromatic rings. The minimum atomic E-state index is -0.241. The molecule has 0 aliphatic rings.